The van der Waals surface area contributed by atoms with E-state index in [0.717, 1.165) is 11.1 Å². The molecule has 1 heteroatoms. The number of allylic oxidation sites excluding steroid dienone is 8. The molecule has 78 valence electrons. The molecule has 0 N–H and O–H groups in total. The minimum atomic E-state index is -1.11. The van der Waals surface area contributed by atoms with Crippen LogP contribution in [-0.4, -0.2) is 8.07 Å². The molecule has 0 aromatic heterocycles. The molecule has 0 atom stereocenters. The maximum absolute atomic E-state index is 2.46. The second-order valence-electron chi connectivity index (χ2n) is 5.03. The van der Waals surface area contributed by atoms with Gasteiger partial charge in [0.2, 0.25) is 0 Å². The third-order valence-electron chi connectivity index (χ3n) is 4.36. The van der Waals surface area contributed by atoms with E-state index in [1.165, 1.54) is 24.9 Å². The van der Waals surface area contributed by atoms with Crippen molar-refractivity contribution in [3.63, 3.8) is 0 Å². The van der Waals surface area contributed by atoms with Crippen LogP contribution in [0.1, 0.15) is 12.8 Å². The fraction of sp³-hybridized carbons (Fsp3) is 0.429. The Hall–Kier alpha value is -0.823. The summed E-state index contributed by atoms with van der Waals surface area (Å²) in [5.41, 5.74) is 1.63. The molecule has 0 radical (unpaired) electrons. The maximum atomic E-state index is 2.46. The molecule has 15 heavy (non-hydrogen) atoms. The summed E-state index contributed by atoms with van der Waals surface area (Å²) >= 11 is 0. The predicted octanol–water partition coefficient (Wildman–Crippen LogP) is 4.22. The van der Waals surface area contributed by atoms with Crippen LogP contribution in [0.25, 0.3) is 0 Å². The highest BCUT2D eigenvalue weighted by atomic mass is 28.3. The molecule has 0 spiro atoms. The Bertz CT molecular complexity index is 300. The van der Waals surface area contributed by atoms with Crippen LogP contribution < -0.4 is 0 Å². The number of hydrogen-bond donors (Lipinski definition) is 0. The summed E-state index contributed by atoms with van der Waals surface area (Å²) in [5.74, 6) is 0. The summed E-state index contributed by atoms with van der Waals surface area (Å²) in [5, 5.41) is 0. The zero-order valence-corrected chi connectivity index (χ0v) is 10.1. The first-order chi connectivity index (χ1) is 7.42. The molecule has 3 aliphatic rings. The average molecular weight is 214 g/mol. The number of rotatable bonds is 2. The van der Waals surface area contributed by atoms with Crippen molar-refractivity contribution in [3.8, 4) is 0 Å². The zero-order valence-electron chi connectivity index (χ0n) is 9.10. The van der Waals surface area contributed by atoms with E-state index in [-0.39, 0.29) is 0 Å². The van der Waals surface area contributed by atoms with Crippen LogP contribution in [0.5, 0.6) is 0 Å². The van der Waals surface area contributed by atoms with Gasteiger partial charge in [0.05, 0.1) is 8.07 Å². The van der Waals surface area contributed by atoms with Crippen LogP contribution in [0.3, 0.4) is 0 Å². The molecule has 1 saturated heterocycles. The van der Waals surface area contributed by atoms with Gasteiger partial charge in [0.25, 0.3) is 0 Å². The minimum Gasteiger partial charge on any atom is -0.0803 e. The average Bonchev–Trinajstić information content (AvgIpc) is 3.02. The van der Waals surface area contributed by atoms with E-state index in [1.54, 1.807) is 0 Å². The van der Waals surface area contributed by atoms with Gasteiger partial charge in [-0.3, -0.25) is 0 Å². The van der Waals surface area contributed by atoms with Crippen LogP contribution >= 0.6 is 0 Å². The Labute approximate surface area is 93.1 Å². The zero-order chi connectivity index (χ0) is 10.1. The summed E-state index contributed by atoms with van der Waals surface area (Å²) < 4.78 is 0. The smallest absolute Gasteiger partial charge is 0.0758 e. The van der Waals surface area contributed by atoms with Gasteiger partial charge in [0.1, 0.15) is 0 Å². The van der Waals surface area contributed by atoms with Gasteiger partial charge in [0, 0.05) is 0 Å². The summed E-state index contributed by atoms with van der Waals surface area (Å²) in [6.45, 7) is 0. The van der Waals surface area contributed by atoms with E-state index >= 15 is 0 Å². The van der Waals surface area contributed by atoms with Crippen LogP contribution in [0.4, 0.5) is 0 Å². The van der Waals surface area contributed by atoms with E-state index < -0.39 is 8.07 Å². The van der Waals surface area contributed by atoms with Gasteiger partial charge in [-0.1, -0.05) is 73.5 Å². The Morgan fingerprint density at radius 1 is 0.667 bits per heavy atom. The minimum absolute atomic E-state index is 0.817. The Morgan fingerprint density at radius 2 is 1.07 bits per heavy atom. The summed E-state index contributed by atoms with van der Waals surface area (Å²) in [6, 6.07) is 3.07. The Balaban J connectivity index is 1.94. The normalized spacial score (nSPS) is 28.5. The van der Waals surface area contributed by atoms with Crippen molar-refractivity contribution in [1.82, 2.24) is 0 Å². The third kappa shape index (κ3) is 1.41. The fourth-order valence-electron chi connectivity index (χ4n) is 3.55. The lowest BCUT2D eigenvalue weighted by atomic mass is 10.4. The standard InChI is InChI=1S/C14H18Si/c1-2-8-13(7-1)15(11-5-6-12-15)14-9-3-4-10-14/h1-4,7-10,13-14H,5-6,11-12H2. The first-order valence-electron chi connectivity index (χ1n) is 6.12. The third-order valence-corrected chi connectivity index (χ3v) is 10.4. The summed E-state index contributed by atoms with van der Waals surface area (Å²) in [7, 11) is -1.11. The monoisotopic (exact) mass is 214 g/mol. The van der Waals surface area contributed by atoms with Gasteiger partial charge < -0.3 is 0 Å². The van der Waals surface area contributed by atoms with Crippen LogP contribution in [-0.2, 0) is 0 Å². The van der Waals surface area contributed by atoms with Crippen molar-refractivity contribution in [3.05, 3.63) is 48.6 Å². The first kappa shape index (κ1) is 9.41. The van der Waals surface area contributed by atoms with Crippen molar-refractivity contribution < 1.29 is 0 Å². The highest BCUT2D eigenvalue weighted by Crippen LogP contribution is 2.51. The summed E-state index contributed by atoms with van der Waals surface area (Å²) in [4.78, 5) is 0. The molecule has 0 amide bonds. The second kappa shape index (κ2) is 3.64. The highest BCUT2D eigenvalue weighted by Gasteiger charge is 2.46. The molecule has 0 aromatic carbocycles. The van der Waals surface area contributed by atoms with Crippen molar-refractivity contribution in [2.24, 2.45) is 0 Å². The predicted molar refractivity (Wildman–Crippen MR) is 68.7 cm³/mol. The Kier molecular flexibility index (Phi) is 2.28. The lowest BCUT2D eigenvalue weighted by Gasteiger charge is -2.35. The van der Waals surface area contributed by atoms with E-state index in [9.17, 15) is 0 Å². The molecule has 1 aliphatic heterocycles. The SMILES string of the molecule is C1=CC([Si]2(C3C=CC=C3)CCCC2)C=C1. The molecule has 2 aliphatic carbocycles. The van der Waals surface area contributed by atoms with Gasteiger partial charge in [-0.05, 0) is 11.1 Å². The molecule has 0 aromatic rings. The molecular weight excluding hydrogens is 196 g/mol. The first-order valence-corrected chi connectivity index (χ1v) is 8.69. The molecular formula is C14H18Si. The maximum Gasteiger partial charge on any atom is 0.0758 e. The van der Waals surface area contributed by atoms with Crippen LogP contribution in [0.2, 0.25) is 23.2 Å². The largest absolute Gasteiger partial charge is 0.0803 e. The van der Waals surface area contributed by atoms with E-state index in [2.05, 4.69) is 48.6 Å². The molecule has 3 rings (SSSR count). The topological polar surface area (TPSA) is 0 Å². The number of hydrogen-bond acceptors (Lipinski definition) is 0. The Morgan fingerprint density at radius 3 is 1.47 bits per heavy atom. The van der Waals surface area contributed by atoms with Crippen molar-refractivity contribution in [1.29, 1.82) is 0 Å². The van der Waals surface area contributed by atoms with Gasteiger partial charge in [-0.25, -0.2) is 0 Å². The van der Waals surface area contributed by atoms with Gasteiger partial charge in [-0.2, -0.15) is 0 Å². The molecule has 0 unspecified atom stereocenters. The molecule has 0 saturated carbocycles. The lowest BCUT2D eigenvalue weighted by Crippen LogP contribution is -2.38. The highest BCUT2D eigenvalue weighted by molar-refractivity contribution is 6.85. The second-order valence-corrected chi connectivity index (χ2v) is 9.83. The lowest BCUT2D eigenvalue weighted by molar-refractivity contribution is 0.935. The van der Waals surface area contributed by atoms with Gasteiger partial charge in [0.15, 0.2) is 0 Å². The van der Waals surface area contributed by atoms with E-state index in [4.69, 9.17) is 0 Å². The summed E-state index contributed by atoms with van der Waals surface area (Å²) in [6.07, 6.45) is 21.8. The van der Waals surface area contributed by atoms with Crippen molar-refractivity contribution in [2.45, 2.75) is 36.0 Å². The van der Waals surface area contributed by atoms with E-state index in [1.807, 2.05) is 0 Å². The van der Waals surface area contributed by atoms with Crippen LogP contribution in [0.15, 0.2) is 48.6 Å². The van der Waals surface area contributed by atoms with Crippen molar-refractivity contribution >= 4 is 8.07 Å². The van der Waals surface area contributed by atoms with Gasteiger partial charge in [-0.15, -0.1) is 0 Å². The quantitative estimate of drug-likeness (QED) is 0.604. The fourth-order valence-corrected chi connectivity index (χ4v) is 9.37. The van der Waals surface area contributed by atoms with E-state index in [0.29, 0.717) is 0 Å². The molecule has 1 fully saturated rings. The molecule has 1 heterocycles. The molecule has 0 nitrogen and oxygen atoms in total. The molecule has 0 bridgehead atoms. The van der Waals surface area contributed by atoms with Crippen LogP contribution in [0, 0.1) is 0 Å². The van der Waals surface area contributed by atoms with Gasteiger partial charge >= 0.3 is 0 Å². The van der Waals surface area contributed by atoms with Crippen molar-refractivity contribution in [2.75, 3.05) is 0 Å².